The van der Waals surface area contributed by atoms with Crippen molar-refractivity contribution in [3.05, 3.63) is 58.9 Å². The first-order valence-corrected chi connectivity index (χ1v) is 8.57. The molecule has 0 aromatic heterocycles. The van der Waals surface area contributed by atoms with Crippen LogP contribution in [0.4, 0.5) is 10.1 Å². The van der Waals surface area contributed by atoms with E-state index in [-0.39, 0.29) is 17.8 Å². The van der Waals surface area contributed by atoms with Gasteiger partial charge in [0, 0.05) is 12.6 Å². The minimum atomic E-state index is -0.432. The van der Waals surface area contributed by atoms with E-state index in [1.165, 1.54) is 24.1 Å². The van der Waals surface area contributed by atoms with Gasteiger partial charge in [0.15, 0.2) is 11.5 Å². The van der Waals surface area contributed by atoms with Gasteiger partial charge in [-0.05, 0) is 53.1 Å². The molecule has 1 aliphatic carbocycles. The van der Waals surface area contributed by atoms with E-state index >= 15 is 0 Å². The SMILES string of the molecule is COc1cc2c(cc1OC)C1NN(C(C)=O)C(Nc3cccc(F)c3)C1=C2. The molecule has 2 aliphatic rings. The lowest BCUT2D eigenvalue weighted by atomic mass is 10.0. The Morgan fingerprint density at radius 3 is 2.59 bits per heavy atom. The number of methoxy groups -OCH3 is 2. The maximum absolute atomic E-state index is 13.6. The topological polar surface area (TPSA) is 62.8 Å². The number of hydrogen-bond acceptors (Lipinski definition) is 5. The number of nitrogens with one attached hydrogen (secondary N) is 2. The third-order valence-corrected chi connectivity index (χ3v) is 4.87. The molecule has 2 unspecified atom stereocenters. The Balaban J connectivity index is 1.72. The lowest BCUT2D eigenvalue weighted by Crippen LogP contribution is -2.45. The van der Waals surface area contributed by atoms with Crippen LogP contribution >= 0.6 is 0 Å². The number of nitrogens with zero attached hydrogens (tertiary/aromatic N) is 1. The molecule has 4 rings (SSSR count). The van der Waals surface area contributed by atoms with Crippen LogP contribution in [0.5, 0.6) is 11.5 Å². The molecule has 0 radical (unpaired) electrons. The van der Waals surface area contributed by atoms with E-state index in [1.54, 1.807) is 26.4 Å². The number of halogens is 1. The Bertz CT molecular complexity index is 944. The van der Waals surface area contributed by atoms with E-state index in [0.29, 0.717) is 17.2 Å². The minimum Gasteiger partial charge on any atom is -0.493 e. The molecule has 27 heavy (non-hydrogen) atoms. The highest BCUT2D eigenvalue weighted by Crippen LogP contribution is 2.45. The zero-order valence-corrected chi connectivity index (χ0v) is 15.2. The molecule has 6 nitrogen and oxygen atoms in total. The quantitative estimate of drug-likeness (QED) is 0.867. The van der Waals surface area contributed by atoms with E-state index < -0.39 is 6.17 Å². The van der Waals surface area contributed by atoms with Gasteiger partial charge in [0.25, 0.3) is 0 Å². The zero-order chi connectivity index (χ0) is 19.1. The van der Waals surface area contributed by atoms with Gasteiger partial charge in [-0.25, -0.2) is 9.82 Å². The van der Waals surface area contributed by atoms with E-state index in [9.17, 15) is 9.18 Å². The number of amides is 1. The summed E-state index contributed by atoms with van der Waals surface area (Å²) in [6.07, 6.45) is 1.59. The Hall–Kier alpha value is -3.06. The third kappa shape index (κ3) is 2.90. The van der Waals surface area contributed by atoms with Crippen LogP contribution in [0.3, 0.4) is 0 Å². The molecule has 2 N–H and O–H groups in total. The standard InChI is InChI=1S/C20H20FN3O3/c1-11(25)24-20(22-14-6-4-5-13(21)9-14)16-7-12-8-17(26-2)18(27-3)10-15(12)19(16)23-24/h4-10,19-20,22-23H,1-3H3. The number of anilines is 1. The van der Waals surface area contributed by atoms with Crippen LogP contribution in [-0.4, -0.2) is 31.3 Å². The molecule has 0 spiro atoms. The number of benzene rings is 2. The van der Waals surface area contributed by atoms with Crippen LogP contribution in [0.1, 0.15) is 24.1 Å². The van der Waals surface area contributed by atoms with Crippen molar-refractivity contribution in [2.75, 3.05) is 19.5 Å². The van der Waals surface area contributed by atoms with Crippen molar-refractivity contribution in [2.24, 2.45) is 0 Å². The predicted octanol–water partition coefficient (Wildman–Crippen LogP) is 3.09. The van der Waals surface area contributed by atoms with Gasteiger partial charge in [0.1, 0.15) is 12.0 Å². The first-order valence-electron chi connectivity index (χ1n) is 8.57. The summed E-state index contributed by atoms with van der Waals surface area (Å²) >= 11 is 0. The molecule has 1 heterocycles. The summed E-state index contributed by atoms with van der Waals surface area (Å²) in [4.78, 5) is 12.2. The first-order chi connectivity index (χ1) is 13.0. The maximum Gasteiger partial charge on any atom is 0.235 e. The van der Waals surface area contributed by atoms with Gasteiger partial charge in [-0.2, -0.15) is 0 Å². The molecule has 1 aliphatic heterocycles. The van der Waals surface area contributed by atoms with Gasteiger partial charge in [0.2, 0.25) is 5.91 Å². The lowest BCUT2D eigenvalue weighted by Gasteiger charge is -2.25. The Kier molecular flexibility index (Phi) is 4.24. The van der Waals surface area contributed by atoms with Gasteiger partial charge >= 0.3 is 0 Å². The van der Waals surface area contributed by atoms with Crippen molar-refractivity contribution >= 4 is 17.7 Å². The van der Waals surface area contributed by atoms with Gasteiger partial charge in [-0.1, -0.05) is 6.07 Å². The van der Waals surface area contributed by atoms with Crippen LogP contribution in [-0.2, 0) is 4.79 Å². The predicted molar refractivity (Wildman–Crippen MR) is 99.7 cm³/mol. The fourth-order valence-electron chi connectivity index (χ4n) is 3.63. The minimum absolute atomic E-state index is 0.138. The third-order valence-electron chi connectivity index (χ3n) is 4.87. The second-order valence-electron chi connectivity index (χ2n) is 6.49. The molecule has 1 fully saturated rings. The molecule has 0 bridgehead atoms. The Labute approximate surface area is 156 Å². The molecule has 1 amide bonds. The second kappa shape index (κ2) is 6.59. The monoisotopic (exact) mass is 369 g/mol. The lowest BCUT2D eigenvalue weighted by molar-refractivity contribution is -0.132. The summed E-state index contributed by atoms with van der Waals surface area (Å²) in [6.45, 7) is 1.49. The molecular formula is C20H20FN3O3. The largest absolute Gasteiger partial charge is 0.493 e. The van der Waals surface area contributed by atoms with Crippen molar-refractivity contribution in [1.29, 1.82) is 0 Å². The molecule has 1 saturated heterocycles. The summed E-state index contributed by atoms with van der Waals surface area (Å²) in [5.74, 6) is 0.797. The highest BCUT2D eigenvalue weighted by atomic mass is 19.1. The van der Waals surface area contributed by atoms with E-state index in [2.05, 4.69) is 10.7 Å². The van der Waals surface area contributed by atoms with Crippen LogP contribution in [0.15, 0.2) is 42.0 Å². The van der Waals surface area contributed by atoms with Crippen molar-refractivity contribution in [2.45, 2.75) is 19.1 Å². The van der Waals surface area contributed by atoms with Crippen molar-refractivity contribution in [3.63, 3.8) is 0 Å². The molecule has 0 saturated carbocycles. The van der Waals surface area contributed by atoms with Crippen LogP contribution < -0.4 is 20.2 Å². The van der Waals surface area contributed by atoms with Gasteiger partial charge < -0.3 is 14.8 Å². The number of hydrogen-bond donors (Lipinski definition) is 2. The summed E-state index contributed by atoms with van der Waals surface area (Å²) < 4.78 is 24.4. The van der Waals surface area contributed by atoms with Crippen LogP contribution in [0, 0.1) is 5.82 Å². The molecular weight excluding hydrogens is 349 g/mol. The molecule has 140 valence electrons. The number of carbonyl (C=O) groups is 1. The first kappa shape index (κ1) is 17.4. The summed E-state index contributed by atoms with van der Waals surface area (Å²) in [7, 11) is 3.18. The average molecular weight is 369 g/mol. The molecule has 2 aromatic rings. The van der Waals surface area contributed by atoms with Gasteiger partial charge in [0.05, 0.1) is 20.3 Å². The van der Waals surface area contributed by atoms with Crippen LogP contribution in [0.25, 0.3) is 6.08 Å². The number of ether oxygens (including phenoxy) is 2. The Morgan fingerprint density at radius 1 is 1.19 bits per heavy atom. The number of fused-ring (bicyclic) bond motifs is 3. The average Bonchev–Trinajstić information content (AvgIpc) is 3.17. The van der Waals surface area contributed by atoms with Crippen molar-refractivity contribution < 1.29 is 18.7 Å². The van der Waals surface area contributed by atoms with E-state index in [0.717, 1.165) is 16.7 Å². The highest BCUT2D eigenvalue weighted by Gasteiger charge is 2.43. The van der Waals surface area contributed by atoms with E-state index in [4.69, 9.17) is 9.47 Å². The Morgan fingerprint density at radius 2 is 1.93 bits per heavy atom. The number of hydrazine groups is 1. The van der Waals surface area contributed by atoms with Crippen molar-refractivity contribution in [1.82, 2.24) is 10.4 Å². The van der Waals surface area contributed by atoms with Crippen LogP contribution in [0.2, 0.25) is 0 Å². The summed E-state index contributed by atoms with van der Waals surface area (Å²) in [5.41, 5.74) is 6.81. The molecule has 2 aromatic carbocycles. The normalized spacial score (nSPS) is 20.0. The van der Waals surface area contributed by atoms with E-state index in [1.807, 2.05) is 18.2 Å². The molecule has 2 atom stereocenters. The molecule has 7 heteroatoms. The van der Waals surface area contributed by atoms with Gasteiger partial charge in [-0.15, -0.1) is 0 Å². The van der Waals surface area contributed by atoms with Crippen molar-refractivity contribution in [3.8, 4) is 11.5 Å². The zero-order valence-electron chi connectivity index (χ0n) is 15.2. The summed E-state index contributed by atoms with van der Waals surface area (Å²) in [6, 6.07) is 9.84. The smallest absolute Gasteiger partial charge is 0.235 e. The van der Waals surface area contributed by atoms with Gasteiger partial charge in [-0.3, -0.25) is 9.80 Å². The maximum atomic E-state index is 13.6. The summed E-state index contributed by atoms with van der Waals surface area (Å²) in [5, 5.41) is 4.78. The highest BCUT2D eigenvalue weighted by molar-refractivity contribution is 5.79. The number of rotatable bonds is 4. The fourth-order valence-corrected chi connectivity index (χ4v) is 3.63. The fraction of sp³-hybridized carbons (Fsp3) is 0.250. The second-order valence-corrected chi connectivity index (χ2v) is 6.49. The number of carbonyl (C=O) groups excluding carboxylic acids is 1.